The van der Waals surface area contributed by atoms with E-state index < -0.39 is 10.1 Å². The van der Waals surface area contributed by atoms with Gasteiger partial charge in [-0.05, 0) is 6.42 Å². The van der Waals surface area contributed by atoms with Gasteiger partial charge in [0.2, 0.25) is 0 Å². The molecular weight excluding hydrogens is 201 g/mol. The van der Waals surface area contributed by atoms with Crippen LogP contribution in [0.4, 0.5) is 0 Å². The standard InChI is InChI=1S/C5H12O3S.C2H3N.Na.H/c1-2-3-4-5-9(6,7)8;1-2-3;;/h2-5H2,1H3,(H,6,7,8);1H3;;. The third kappa shape index (κ3) is 32.7. The molecule has 0 aliphatic carbocycles. The number of nitriles is 1. The molecule has 0 unspecified atom stereocenters. The second-order valence-corrected chi connectivity index (χ2v) is 3.79. The molecule has 0 aromatic heterocycles. The molecule has 0 saturated carbocycles. The van der Waals surface area contributed by atoms with Gasteiger partial charge in [0.05, 0.1) is 11.8 Å². The summed E-state index contributed by atoms with van der Waals surface area (Å²) >= 11 is 0. The van der Waals surface area contributed by atoms with Crippen molar-refractivity contribution in [3.8, 4) is 6.07 Å². The van der Waals surface area contributed by atoms with Gasteiger partial charge < -0.3 is 0 Å². The van der Waals surface area contributed by atoms with E-state index in [1.807, 2.05) is 6.92 Å². The van der Waals surface area contributed by atoms with Gasteiger partial charge in [0.25, 0.3) is 10.1 Å². The third-order valence-corrected chi connectivity index (χ3v) is 1.81. The van der Waals surface area contributed by atoms with Crippen molar-refractivity contribution < 1.29 is 13.0 Å². The van der Waals surface area contributed by atoms with Gasteiger partial charge in [0, 0.05) is 6.92 Å². The topological polar surface area (TPSA) is 78.2 Å². The maximum absolute atomic E-state index is 10.1. The average molecular weight is 217 g/mol. The van der Waals surface area contributed by atoms with Crippen LogP contribution in [0.3, 0.4) is 0 Å². The Hall–Kier alpha value is 0.400. The summed E-state index contributed by atoms with van der Waals surface area (Å²) in [5.41, 5.74) is 0. The molecule has 0 heterocycles. The molecule has 0 rings (SSSR count). The van der Waals surface area contributed by atoms with Gasteiger partial charge in [-0.3, -0.25) is 4.55 Å². The maximum atomic E-state index is 10.1. The van der Waals surface area contributed by atoms with Gasteiger partial charge in [0.1, 0.15) is 0 Å². The molecule has 0 aliphatic rings. The molecule has 0 amide bonds. The molecule has 0 aromatic carbocycles. The Morgan fingerprint density at radius 3 is 2.00 bits per heavy atom. The van der Waals surface area contributed by atoms with E-state index in [2.05, 4.69) is 0 Å². The van der Waals surface area contributed by atoms with Crippen LogP contribution in [0.2, 0.25) is 0 Å². The summed E-state index contributed by atoms with van der Waals surface area (Å²) in [6.07, 6.45) is 2.39. The van der Waals surface area contributed by atoms with E-state index in [1.165, 1.54) is 6.92 Å². The van der Waals surface area contributed by atoms with E-state index in [0.29, 0.717) is 6.42 Å². The molecule has 13 heavy (non-hydrogen) atoms. The van der Waals surface area contributed by atoms with Gasteiger partial charge in [0.15, 0.2) is 0 Å². The molecule has 0 atom stereocenters. The van der Waals surface area contributed by atoms with Gasteiger partial charge in [-0.2, -0.15) is 13.7 Å². The van der Waals surface area contributed by atoms with Crippen molar-refractivity contribution in [1.82, 2.24) is 0 Å². The van der Waals surface area contributed by atoms with Crippen molar-refractivity contribution in [2.45, 2.75) is 33.1 Å². The van der Waals surface area contributed by atoms with Crippen LogP contribution in [0.15, 0.2) is 0 Å². The first-order valence-corrected chi connectivity index (χ1v) is 5.34. The fourth-order valence-electron chi connectivity index (χ4n) is 0.534. The second-order valence-electron chi connectivity index (χ2n) is 2.22. The Labute approximate surface area is 102 Å². The molecule has 1 N–H and O–H groups in total. The molecular formula is C7H16NNaO3S. The minimum absolute atomic E-state index is 0. The van der Waals surface area contributed by atoms with Crippen LogP contribution in [0.1, 0.15) is 33.1 Å². The molecule has 0 spiro atoms. The van der Waals surface area contributed by atoms with Gasteiger partial charge in [-0.15, -0.1) is 0 Å². The van der Waals surface area contributed by atoms with Crippen LogP contribution in [-0.2, 0) is 10.1 Å². The molecule has 74 valence electrons. The SMILES string of the molecule is CC#N.CCCCCS(=O)(=O)O.[NaH]. The summed E-state index contributed by atoms with van der Waals surface area (Å²) in [4.78, 5) is 0. The Morgan fingerprint density at radius 1 is 1.38 bits per heavy atom. The van der Waals surface area contributed by atoms with Crippen molar-refractivity contribution in [3.05, 3.63) is 0 Å². The predicted molar refractivity (Wildman–Crippen MR) is 54.4 cm³/mol. The van der Waals surface area contributed by atoms with Crippen molar-refractivity contribution in [2.75, 3.05) is 5.75 Å². The number of hydrogen-bond acceptors (Lipinski definition) is 3. The van der Waals surface area contributed by atoms with Crippen LogP contribution >= 0.6 is 0 Å². The molecule has 0 aromatic rings. The van der Waals surface area contributed by atoms with E-state index in [4.69, 9.17) is 9.81 Å². The molecule has 0 fully saturated rings. The summed E-state index contributed by atoms with van der Waals surface area (Å²) in [7, 11) is -3.70. The van der Waals surface area contributed by atoms with Crippen LogP contribution in [-0.4, -0.2) is 48.3 Å². The molecule has 0 aliphatic heterocycles. The monoisotopic (exact) mass is 217 g/mol. The van der Waals surface area contributed by atoms with E-state index in [1.54, 1.807) is 6.07 Å². The van der Waals surface area contributed by atoms with Gasteiger partial charge >= 0.3 is 29.6 Å². The van der Waals surface area contributed by atoms with Gasteiger partial charge in [-0.25, -0.2) is 0 Å². The second kappa shape index (κ2) is 12.4. The average Bonchev–Trinajstić information content (AvgIpc) is 1.87. The number of unbranched alkanes of at least 4 members (excludes halogenated alkanes) is 2. The first kappa shape index (κ1) is 19.0. The van der Waals surface area contributed by atoms with Crippen molar-refractivity contribution in [2.24, 2.45) is 0 Å². The minimum atomic E-state index is -3.70. The Kier molecular flexibility index (Phi) is 18.2. The molecule has 0 bridgehead atoms. The molecule has 6 heteroatoms. The Morgan fingerprint density at radius 2 is 1.77 bits per heavy atom. The van der Waals surface area contributed by atoms with Crippen LogP contribution < -0.4 is 0 Å². The van der Waals surface area contributed by atoms with E-state index in [-0.39, 0.29) is 35.3 Å². The quantitative estimate of drug-likeness (QED) is 0.432. The fourth-order valence-corrected chi connectivity index (χ4v) is 1.10. The Balaban J connectivity index is -0.000000220. The summed E-state index contributed by atoms with van der Waals surface area (Å²) in [5.74, 6) is -0.0964. The van der Waals surface area contributed by atoms with E-state index in [0.717, 1.165) is 12.8 Å². The van der Waals surface area contributed by atoms with Crippen molar-refractivity contribution in [1.29, 1.82) is 5.26 Å². The van der Waals surface area contributed by atoms with Gasteiger partial charge in [-0.1, -0.05) is 19.8 Å². The van der Waals surface area contributed by atoms with Crippen molar-refractivity contribution in [3.63, 3.8) is 0 Å². The number of rotatable bonds is 4. The number of nitrogens with zero attached hydrogens (tertiary/aromatic N) is 1. The molecule has 0 saturated heterocycles. The Bertz CT molecular complexity index is 220. The molecule has 4 nitrogen and oxygen atoms in total. The summed E-state index contributed by atoms with van der Waals surface area (Å²) in [5, 5.41) is 7.32. The first-order valence-electron chi connectivity index (χ1n) is 3.74. The summed E-state index contributed by atoms with van der Waals surface area (Å²) in [6.45, 7) is 3.41. The third-order valence-electron chi connectivity index (χ3n) is 1.01. The molecule has 0 radical (unpaired) electrons. The van der Waals surface area contributed by atoms with E-state index in [9.17, 15) is 8.42 Å². The fraction of sp³-hybridized carbons (Fsp3) is 0.857. The zero-order valence-corrected chi connectivity index (χ0v) is 8.26. The van der Waals surface area contributed by atoms with Crippen LogP contribution in [0.25, 0.3) is 0 Å². The predicted octanol–water partition coefficient (Wildman–Crippen LogP) is 0.946. The zero-order chi connectivity index (χ0) is 10.0. The van der Waals surface area contributed by atoms with E-state index >= 15 is 0 Å². The normalized spacial score (nSPS) is 8.77. The first-order chi connectivity index (χ1) is 5.47. The van der Waals surface area contributed by atoms with Crippen LogP contribution in [0.5, 0.6) is 0 Å². The summed E-state index contributed by atoms with van der Waals surface area (Å²) < 4.78 is 28.3. The van der Waals surface area contributed by atoms with Crippen molar-refractivity contribution >= 4 is 39.7 Å². The summed E-state index contributed by atoms with van der Waals surface area (Å²) in [6, 6.07) is 1.75. The zero-order valence-electron chi connectivity index (χ0n) is 7.45. The van der Waals surface area contributed by atoms with Crippen LogP contribution in [0, 0.1) is 11.3 Å². The number of hydrogen-bond donors (Lipinski definition) is 1.